The summed E-state index contributed by atoms with van der Waals surface area (Å²) in [5.41, 5.74) is 2.46. The van der Waals surface area contributed by atoms with Crippen LogP contribution in [0.5, 0.6) is 17.2 Å². The van der Waals surface area contributed by atoms with E-state index in [9.17, 15) is 9.90 Å². The van der Waals surface area contributed by atoms with Crippen molar-refractivity contribution >= 4 is 28.5 Å². The summed E-state index contributed by atoms with van der Waals surface area (Å²) in [4.78, 5) is 15.7. The third-order valence-corrected chi connectivity index (χ3v) is 5.32. The number of rotatable bonds is 4. The highest BCUT2D eigenvalue weighted by Crippen LogP contribution is 2.41. The molecule has 0 aliphatic carbocycles. The van der Waals surface area contributed by atoms with E-state index in [2.05, 4.69) is 4.99 Å². The molecule has 0 spiro atoms. The minimum Gasteiger partial charge on any atom is -0.502 e. The third-order valence-electron chi connectivity index (χ3n) is 4.39. The Kier molecular flexibility index (Phi) is 4.53. The molecule has 2 aromatic rings. The molecular formula is C18H17N3O5S. The van der Waals surface area contributed by atoms with Gasteiger partial charge in [0.25, 0.3) is 5.91 Å². The van der Waals surface area contributed by atoms with Crippen LogP contribution in [0.25, 0.3) is 0 Å². The van der Waals surface area contributed by atoms with Gasteiger partial charge in [-0.3, -0.25) is 4.79 Å². The van der Waals surface area contributed by atoms with E-state index in [-0.39, 0.29) is 17.7 Å². The molecule has 2 aliphatic rings. The van der Waals surface area contributed by atoms with Crippen molar-refractivity contribution in [2.45, 2.75) is 12.5 Å². The summed E-state index contributed by atoms with van der Waals surface area (Å²) in [7, 11) is 2.95. The molecule has 0 saturated heterocycles. The number of aliphatic imine (C=N–C) groups is 1. The lowest BCUT2D eigenvalue weighted by Crippen LogP contribution is -2.23. The first kappa shape index (κ1) is 17.5. The van der Waals surface area contributed by atoms with E-state index in [0.29, 0.717) is 28.8 Å². The molecule has 0 fully saturated rings. The molecule has 4 rings (SSSR count). The second-order valence-corrected chi connectivity index (χ2v) is 6.92. The number of hydrazone groups is 1. The van der Waals surface area contributed by atoms with E-state index in [1.54, 1.807) is 29.7 Å². The standard InChI is InChI=1S/C18H17N3O5S/c1-24-14-5-11(6-15(25-2)17(14)23)12-7-13(10-3-4-26-8-10)21(20-12)18-19-16(22)9-27-18/h3-6,8,13,23H,7,9H2,1-2H3. The van der Waals surface area contributed by atoms with E-state index < -0.39 is 0 Å². The second kappa shape index (κ2) is 6.99. The maximum atomic E-state index is 11.6. The summed E-state index contributed by atoms with van der Waals surface area (Å²) in [5, 5.41) is 17.2. The molecule has 1 atom stereocenters. The Hall–Kier alpha value is -2.94. The number of furan rings is 1. The number of thioether (sulfide) groups is 1. The van der Waals surface area contributed by atoms with Gasteiger partial charge >= 0.3 is 0 Å². The number of phenolic OH excluding ortho intramolecular Hbond substituents is 1. The van der Waals surface area contributed by atoms with Crippen molar-refractivity contribution in [3.05, 3.63) is 41.9 Å². The molecule has 1 aromatic heterocycles. The summed E-state index contributed by atoms with van der Waals surface area (Å²) in [5.74, 6) is 0.682. The van der Waals surface area contributed by atoms with Crippen LogP contribution in [-0.4, -0.2) is 46.9 Å². The van der Waals surface area contributed by atoms with Crippen molar-refractivity contribution in [3.63, 3.8) is 0 Å². The average molecular weight is 387 g/mol. The van der Waals surface area contributed by atoms with Crippen LogP contribution >= 0.6 is 11.8 Å². The number of hydrogen-bond donors (Lipinski definition) is 1. The number of nitrogens with zero attached hydrogens (tertiary/aromatic N) is 3. The van der Waals surface area contributed by atoms with Crippen LogP contribution in [0.1, 0.15) is 23.6 Å². The highest BCUT2D eigenvalue weighted by Gasteiger charge is 2.35. The summed E-state index contributed by atoms with van der Waals surface area (Å²) in [6, 6.07) is 5.15. The van der Waals surface area contributed by atoms with Crippen LogP contribution < -0.4 is 9.47 Å². The number of benzene rings is 1. The van der Waals surface area contributed by atoms with E-state index in [0.717, 1.165) is 16.8 Å². The molecule has 0 saturated carbocycles. The Morgan fingerprint density at radius 3 is 2.59 bits per heavy atom. The number of amidine groups is 1. The minimum atomic E-state index is -0.169. The van der Waals surface area contributed by atoms with Crippen LogP contribution in [0.15, 0.2) is 45.2 Å². The number of amides is 1. The summed E-state index contributed by atoms with van der Waals surface area (Å²) in [6.45, 7) is 0. The smallest absolute Gasteiger partial charge is 0.258 e. The number of hydrogen-bond acceptors (Lipinski definition) is 8. The van der Waals surface area contributed by atoms with Crippen LogP contribution in [0.3, 0.4) is 0 Å². The molecule has 140 valence electrons. The lowest BCUT2D eigenvalue weighted by atomic mass is 10.00. The fourth-order valence-electron chi connectivity index (χ4n) is 3.06. The first-order valence-corrected chi connectivity index (χ1v) is 9.17. The molecular weight excluding hydrogens is 370 g/mol. The zero-order chi connectivity index (χ0) is 19.0. The summed E-state index contributed by atoms with van der Waals surface area (Å²) < 4.78 is 15.7. The lowest BCUT2D eigenvalue weighted by Gasteiger charge is -2.20. The lowest BCUT2D eigenvalue weighted by molar-refractivity contribution is -0.115. The van der Waals surface area contributed by atoms with E-state index in [1.807, 2.05) is 6.07 Å². The van der Waals surface area contributed by atoms with Gasteiger partial charge < -0.3 is 19.0 Å². The SMILES string of the molecule is COc1cc(C2=NN(C3=NC(=O)CS3)C(c3ccoc3)C2)cc(OC)c1O. The molecule has 2 aliphatic heterocycles. The predicted molar refractivity (Wildman–Crippen MR) is 101 cm³/mol. The van der Waals surface area contributed by atoms with Gasteiger partial charge in [-0.05, 0) is 18.2 Å². The largest absolute Gasteiger partial charge is 0.502 e. The fourth-order valence-corrected chi connectivity index (χ4v) is 3.84. The van der Waals surface area contributed by atoms with Crippen molar-refractivity contribution in [3.8, 4) is 17.2 Å². The van der Waals surface area contributed by atoms with Gasteiger partial charge in [-0.2, -0.15) is 10.1 Å². The normalized spacial score (nSPS) is 19.3. The van der Waals surface area contributed by atoms with Crippen LogP contribution in [0, 0.1) is 0 Å². The van der Waals surface area contributed by atoms with Crippen molar-refractivity contribution in [2.24, 2.45) is 10.1 Å². The van der Waals surface area contributed by atoms with Gasteiger partial charge in [0.15, 0.2) is 16.7 Å². The zero-order valence-corrected chi connectivity index (χ0v) is 15.5. The molecule has 3 heterocycles. The van der Waals surface area contributed by atoms with E-state index in [1.165, 1.54) is 26.0 Å². The monoisotopic (exact) mass is 387 g/mol. The topological polar surface area (TPSA) is 96.9 Å². The average Bonchev–Trinajstić information content (AvgIpc) is 3.41. The van der Waals surface area contributed by atoms with E-state index in [4.69, 9.17) is 19.0 Å². The summed E-state index contributed by atoms with van der Waals surface area (Å²) >= 11 is 1.36. The molecule has 9 heteroatoms. The Morgan fingerprint density at radius 1 is 1.30 bits per heavy atom. The molecule has 27 heavy (non-hydrogen) atoms. The van der Waals surface area contributed by atoms with Crippen molar-refractivity contribution < 1.29 is 23.8 Å². The van der Waals surface area contributed by atoms with Crippen LogP contribution in [0.2, 0.25) is 0 Å². The van der Waals surface area contributed by atoms with Gasteiger partial charge in [0.2, 0.25) is 5.75 Å². The molecule has 8 nitrogen and oxygen atoms in total. The van der Waals surface area contributed by atoms with Crippen LogP contribution in [0.4, 0.5) is 0 Å². The molecule has 1 unspecified atom stereocenters. The maximum Gasteiger partial charge on any atom is 0.258 e. The number of aromatic hydroxyl groups is 1. The van der Waals surface area contributed by atoms with Crippen molar-refractivity contribution in [1.29, 1.82) is 0 Å². The second-order valence-electron chi connectivity index (χ2n) is 5.97. The Balaban J connectivity index is 1.75. The Bertz CT molecular complexity index is 913. The number of ether oxygens (including phenoxy) is 2. The minimum absolute atomic E-state index is 0.0630. The molecule has 1 aromatic carbocycles. The summed E-state index contributed by atoms with van der Waals surface area (Å²) in [6.07, 6.45) is 3.84. The van der Waals surface area contributed by atoms with Crippen molar-refractivity contribution in [1.82, 2.24) is 5.01 Å². The number of carbonyl (C=O) groups is 1. The molecule has 1 amide bonds. The third kappa shape index (κ3) is 3.14. The molecule has 0 bridgehead atoms. The van der Waals surface area contributed by atoms with Gasteiger partial charge in [0.05, 0.1) is 44.3 Å². The van der Waals surface area contributed by atoms with Gasteiger partial charge in [-0.15, -0.1) is 0 Å². The van der Waals surface area contributed by atoms with Crippen molar-refractivity contribution in [2.75, 3.05) is 20.0 Å². The Labute approximate surface area is 159 Å². The quantitative estimate of drug-likeness (QED) is 0.861. The maximum absolute atomic E-state index is 11.6. The number of carbonyl (C=O) groups excluding carboxylic acids is 1. The van der Waals surface area contributed by atoms with E-state index >= 15 is 0 Å². The van der Waals surface area contributed by atoms with Gasteiger partial charge in [0.1, 0.15) is 0 Å². The van der Waals surface area contributed by atoms with Gasteiger partial charge in [-0.25, -0.2) is 5.01 Å². The Morgan fingerprint density at radius 2 is 2.04 bits per heavy atom. The number of methoxy groups -OCH3 is 2. The van der Waals surface area contributed by atoms with Gasteiger partial charge in [0, 0.05) is 17.5 Å². The first-order chi connectivity index (χ1) is 13.1. The van der Waals surface area contributed by atoms with Gasteiger partial charge in [-0.1, -0.05) is 11.8 Å². The highest BCUT2D eigenvalue weighted by atomic mass is 32.2. The first-order valence-electron chi connectivity index (χ1n) is 8.19. The predicted octanol–water partition coefficient (Wildman–Crippen LogP) is 2.78. The molecule has 0 radical (unpaired) electrons. The van der Waals surface area contributed by atoms with Crippen LogP contribution in [-0.2, 0) is 4.79 Å². The fraction of sp³-hybridized carbons (Fsp3) is 0.278. The number of phenols is 1. The molecule has 1 N–H and O–H groups in total. The zero-order valence-electron chi connectivity index (χ0n) is 14.7. The highest BCUT2D eigenvalue weighted by molar-refractivity contribution is 8.14.